The second-order valence-electron chi connectivity index (χ2n) is 6.67. The lowest BCUT2D eigenvalue weighted by Gasteiger charge is -2.27. The van der Waals surface area contributed by atoms with Gasteiger partial charge in [-0.05, 0) is 48.9 Å². The highest BCUT2D eigenvalue weighted by Gasteiger charge is 2.20. The Bertz CT molecular complexity index is 847. The fraction of sp³-hybridized carbons (Fsp3) is 0.350. The highest BCUT2D eigenvalue weighted by atomic mass is 15.0. The van der Waals surface area contributed by atoms with E-state index in [1.54, 1.807) is 0 Å². The van der Waals surface area contributed by atoms with Crippen LogP contribution in [0.3, 0.4) is 0 Å². The summed E-state index contributed by atoms with van der Waals surface area (Å²) < 4.78 is 2.12. The molecular weight excluding hydrogens is 282 g/mol. The summed E-state index contributed by atoms with van der Waals surface area (Å²) in [5.74, 6) is 0. The number of hydrogen-bond acceptors (Lipinski definition) is 2. The van der Waals surface area contributed by atoms with E-state index in [0.29, 0.717) is 6.04 Å². The molecule has 0 bridgehead atoms. The third kappa shape index (κ3) is 2.66. The first-order valence-corrected chi connectivity index (χ1v) is 8.44. The predicted octanol–water partition coefficient (Wildman–Crippen LogP) is 4.05. The van der Waals surface area contributed by atoms with Gasteiger partial charge in [0.1, 0.15) is 0 Å². The maximum atomic E-state index is 4.46. The maximum absolute atomic E-state index is 4.46. The molecule has 0 radical (unpaired) electrons. The minimum atomic E-state index is 0.460. The zero-order valence-electron chi connectivity index (χ0n) is 13.8. The van der Waals surface area contributed by atoms with Crippen molar-refractivity contribution in [1.82, 2.24) is 14.9 Å². The van der Waals surface area contributed by atoms with Crippen molar-refractivity contribution in [2.75, 3.05) is 0 Å². The third-order valence-corrected chi connectivity index (χ3v) is 4.98. The molecule has 1 aromatic heterocycles. The summed E-state index contributed by atoms with van der Waals surface area (Å²) in [6.07, 6.45) is 5.60. The van der Waals surface area contributed by atoms with Crippen molar-refractivity contribution >= 4 is 11.0 Å². The van der Waals surface area contributed by atoms with Crippen molar-refractivity contribution in [1.29, 1.82) is 0 Å². The van der Waals surface area contributed by atoms with E-state index in [4.69, 9.17) is 0 Å². The molecule has 1 aliphatic carbocycles. The van der Waals surface area contributed by atoms with E-state index >= 15 is 0 Å². The molecule has 23 heavy (non-hydrogen) atoms. The largest absolute Gasteiger partial charge is 0.333 e. The maximum Gasteiger partial charge on any atom is 0.0955 e. The molecule has 0 fully saturated rings. The second kappa shape index (κ2) is 5.82. The van der Waals surface area contributed by atoms with Gasteiger partial charge in [-0.25, -0.2) is 4.98 Å². The van der Waals surface area contributed by atoms with Gasteiger partial charge in [0.05, 0.1) is 17.4 Å². The van der Waals surface area contributed by atoms with Gasteiger partial charge in [0.15, 0.2) is 0 Å². The van der Waals surface area contributed by atoms with Gasteiger partial charge in [-0.2, -0.15) is 0 Å². The van der Waals surface area contributed by atoms with Crippen molar-refractivity contribution in [3.05, 3.63) is 65.0 Å². The van der Waals surface area contributed by atoms with Crippen molar-refractivity contribution in [3.63, 3.8) is 0 Å². The van der Waals surface area contributed by atoms with Crippen LogP contribution in [0, 0.1) is 6.92 Å². The Balaban J connectivity index is 1.60. The van der Waals surface area contributed by atoms with Gasteiger partial charge < -0.3 is 9.88 Å². The van der Waals surface area contributed by atoms with Gasteiger partial charge in [-0.15, -0.1) is 0 Å². The molecule has 3 nitrogen and oxygen atoms in total. The summed E-state index contributed by atoms with van der Waals surface area (Å²) in [6.45, 7) is 3.07. The summed E-state index contributed by atoms with van der Waals surface area (Å²) in [6, 6.07) is 13.7. The van der Waals surface area contributed by atoms with Crippen LogP contribution in [0.15, 0.2) is 42.7 Å². The van der Waals surface area contributed by atoms with E-state index in [2.05, 4.69) is 65.2 Å². The standard InChI is InChI=1S/C20H23N3/c1-14-9-10-15-5-3-7-18(17(15)11-14)21-12-16-6-4-8-19-20(16)23(2)13-22-19/h4,6,8-11,13,18,21H,3,5,7,12H2,1-2H3/t18-/m0/s1. The normalized spacial score (nSPS) is 17.4. The molecule has 2 aromatic carbocycles. The van der Waals surface area contributed by atoms with Crippen LogP contribution in [0.1, 0.15) is 41.1 Å². The molecule has 1 aliphatic rings. The number of para-hydroxylation sites is 1. The number of nitrogens with zero attached hydrogens (tertiary/aromatic N) is 2. The van der Waals surface area contributed by atoms with Crippen LogP contribution in [-0.4, -0.2) is 9.55 Å². The molecule has 0 saturated heterocycles. The van der Waals surface area contributed by atoms with Crippen LogP contribution in [0.5, 0.6) is 0 Å². The third-order valence-electron chi connectivity index (χ3n) is 4.98. The molecule has 0 saturated carbocycles. The second-order valence-corrected chi connectivity index (χ2v) is 6.67. The fourth-order valence-corrected chi connectivity index (χ4v) is 3.80. The van der Waals surface area contributed by atoms with E-state index < -0.39 is 0 Å². The lowest BCUT2D eigenvalue weighted by Crippen LogP contribution is -2.25. The molecule has 4 rings (SSSR count). The Morgan fingerprint density at radius 2 is 2.17 bits per heavy atom. The first-order valence-electron chi connectivity index (χ1n) is 8.44. The predicted molar refractivity (Wildman–Crippen MR) is 94.4 cm³/mol. The van der Waals surface area contributed by atoms with Crippen molar-refractivity contribution in [3.8, 4) is 0 Å². The van der Waals surface area contributed by atoms with Gasteiger partial charge in [0.2, 0.25) is 0 Å². The SMILES string of the molecule is Cc1ccc2c(c1)[C@@H](NCc1cccc3ncn(C)c13)CCC2. The Morgan fingerprint density at radius 1 is 1.26 bits per heavy atom. The molecule has 3 heteroatoms. The first kappa shape index (κ1) is 14.5. The highest BCUT2D eigenvalue weighted by Crippen LogP contribution is 2.31. The summed E-state index contributed by atoms with van der Waals surface area (Å²) >= 11 is 0. The zero-order chi connectivity index (χ0) is 15.8. The molecule has 1 heterocycles. The lowest BCUT2D eigenvalue weighted by molar-refractivity contribution is 0.459. The molecule has 1 atom stereocenters. The van der Waals surface area contributed by atoms with E-state index in [1.165, 1.54) is 47.0 Å². The summed E-state index contributed by atoms with van der Waals surface area (Å²) in [5.41, 5.74) is 7.99. The van der Waals surface area contributed by atoms with Crippen LogP contribution < -0.4 is 5.32 Å². The van der Waals surface area contributed by atoms with Crippen LogP contribution in [-0.2, 0) is 20.0 Å². The number of rotatable bonds is 3. The molecule has 0 aliphatic heterocycles. The van der Waals surface area contributed by atoms with Crippen LogP contribution in [0.2, 0.25) is 0 Å². The Morgan fingerprint density at radius 3 is 3.09 bits per heavy atom. The molecule has 0 unspecified atom stereocenters. The summed E-state index contributed by atoms with van der Waals surface area (Å²) in [5, 5.41) is 3.79. The lowest BCUT2D eigenvalue weighted by atomic mass is 9.86. The zero-order valence-corrected chi connectivity index (χ0v) is 13.8. The van der Waals surface area contributed by atoms with Gasteiger partial charge in [0.25, 0.3) is 0 Å². The Hall–Kier alpha value is -2.13. The first-order chi connectivity index (χ1) is 11.2. The van der Waals surface area contributed by atoms with E-state index in [0.717, 1.165) is 12.1 Å². The average molecular weight is 305 g/mol. The number of nitrogens with one attached hydrogen (secondary N) is 1. The summed E-state index contributed by atoms with van der Waals surface area (Å²) in [4.78, 5) is 4.46. The molecule has 0 spiro atoms. The smallest absolute Gasteiger partial charge is 0.0955 e. The van der Waals surface area contributed by atoms with Crippen LogP contribution >= 0.6 is 0 Å². The molecule has 3 aromatic rings. The van der Waals surface area contributed by atoms with Gasteiger partial charge in [0, 0.05) is 19.6 Å². The fourth-order valence-electron chi connectivity index (χ4n) is 3.80. The Kier molecular flexibility index (Phi) is 3.66. The van der Waals surface area contributed by atoms with E-state index in [-0.39, 0.29) is 0 Å². The quantitative estimate of drug-likeness (QED) is 0.791. The number of imidazole rings is 1. The molecule has 118 valence electrons. The van der Waals surface area contributed by atoms with Gasteiger partial charge >= 0.3 is 0 Å². The molecule has 0 amide bonds. The average Bonchev–Trinajstić information content (AvgIpc) is 2.95. The van der Waals surface area contributed by atoms with Gasteiger partial charge in [-0.3, -0.25) is 0 Å². The monoisotopic (exact) mass is 305 g/mol. The highest BCUT2D eigenvalue weighted by molar-refractivity contribution is 5.78. The molecular formula is C20H23N3. The van der Waals surface area contributed by atoms with Crippen molar-refractivity contribution in [2.45, 2.75) is 38.8 Å². The van der Waals surface area contributed by atoms with Crippen molar-refractivity contribution < 1.29 is 0 Å². The number of benzene rings is 2. The van der Waals surface area contributed by atoms with Crippen molar-refractivity contribution in [2.24, 2.45) is 7.05 Å². The number of aromatic nitrogens is 2. The van der Waals surface area contributed by atoms with Gasteiger partial charge in [-0.1, -0.05) is 35.9 Å². The topological polar surface area (TPSA) is 29.9 Å². The van der Waals surface area contributed by atoms with Crippen LogP contribution in [0.25, 0.3) is 11.0 Å². The minimum absolute atomic E-state index is 0.460. The Labute approximate surface area is 137 Å². The molecule has 1 N–H and O–H groups in total. The number of aryl methyl sites for hydroxylation is 3. The van der Waals surface area contributed by atoms with Crippen LogP contribution in [0.4, 0.5) is 0 Å². The summed E-state index contributed by atoms with van der Waals surface area (Å²) in [7, 11) is 2.07. The number of fused-ring (bicyclic) bond motifs is 2. The van der Waals surface area contributed by atoms with E-state index in [9.17, 15) is 0 Å². The minimum Gasteiger partial charge on any atom is -0.333 e. The number of hydrogen-bond donors (Lipinski definition) is 1. The van der Waals surface area contributed by atoms with E-state index in [1.807, 2.05) is 6.33 Å².